The summed E-state index contributed by atoms with van der Waals surface area (Å²) in [6.07, 6.45) is 3.55. The fourth-order valence-corrected chi connectivity index (χ4v) is 1.94. The van der Waals surface area contributed by atoms with E-state index in [0.29, 0.717) is 0 Å². The average Bonchev–Trinajstić information content (AvgIpc) is 2.69. The molecule has 1 aromatic carbocycles. The first-order valence-electron chi connectivity index (χ1n) is 5.38. The van der Waals surface area contributed by atoms with E-state index < -0.39 is 0 Å². The topological polar surface area (TPSA) is 56.7 Å². The molecular weight excluding hydrogens is 212 g/mol. The molecule has 4 heteroatoms. The number of nitrogens with zero attached hydrogens (tertiary/aromatic N) is 3. The van der Waals surface area contributed by atoms with Gasteiger partial charge in [0, 0.05) is 24.5 Å². The number of anilines is 1. The summed E-state index contributed by atoms with van der Waals surface area (Å²) >= 11 is 0. The number of imidazole rings is 1. The van der Waals surface area contributed by atoms with Crippen LogP contribution in [0.3, 0.4) is 0 Å². The Kier molecular flexibility index (Phi) is 2.08. The lowest BCUT2D eigenvalue weighted by molar-refractivity contribution is 0.959. The minimum Gasteiger partial charge on any atom is -0.399 e. The molecule has 0 amide bonds. The van der Waals surface area contributed by atoms with Crippen LogP contribution >= 0.6 is 0 Å². The normalized spacial score (nSPS) is 10.9. The molecule has 0 radical (unpaired) electrons. The number of aromatic nitrogens is 3. The van der Waals surface area contributed by atoms with Crippen molar-refractivity contribution >= 4 is 16.7 Å². The van der Waals surface area contributed by atoms with Gasteiger partial charge in [0.1, 0.15) is 11.3 Å². The van der Waals surface area contributed by atoms with Crippen LogP contribution < -0.4 is 5.73 Å². The highest BCUT2D eigenvalue weighted by Crippen LogP contribution is 2.23. The summed E-state index contributed by atoms with van der Waals surface area (Å²) in [7, 11) is 2.00. The maximum absolute atomic E-state index is 5.68. The number of aryl methyl sites for hydroxylation is 1. The van der Waals surface area contributed by atoms with Gasteiger partial charge in [-0.05, 0) is 30.3 Å². The van der Waals surface area contributed by atoms with Crippen LogP contribution in [-0.2, 0) is 7.05 Å². The highest BCUT2D eigenvalue weighted by molar-refractivity contribution is 5.79. The van der Waals surface area contributed by atoms with Crippen LogP contribution in [0.5, 0.6) is 0 Å². The Bertz CT molecular complexity index is 667. The molecule has 0 saturated carbocycles. The molecule has 0 bridgehead atoms. The van der Waals surface area contributed by atoms with Crippen LogP contribution in [0.15, 0.2) is 42.7 Å². The highest BCUT2D eigenvalue weighted by atomic mass is 15.1. The lowest BCUT2D eigenvalue weighted by Crippen LogP contribution is -1.92. The molecule has 0 fully saturated rings. The van der Waals surface area contributed by atoms with Crippen molar-refractivity contribution in [1.29, 1.82) is 0 Å². The lowest BCUT2D eigenvalue weighted by atomic mass is 10.2. The van der Waals surface area contributed by atoms with Crippen LogP contribution in [0.2, 0.25) is 0 Å². The molecule has 2 aromatic heterocycles. The third-order valence-electron chi connectivity index (χ3n) is 2.85. The van der Waals surface area contributed by atoms with Crippen molar-refractivity contribution in [2.75, 3.05) is 5.73 Å². The van der Waals surface area contributed by atoms with E-state index in [4.69, 9.17) is 5.73 Å². The van der Waals surface area contributed by atoms with Crippen molar-refractivity contribution in [2.24, 2.45) is 7.05 Å². The summed E-state index contributed by atoms with van der Waals surface area (Å²) in [6, 6.07) is 9.68. The summed E-state index contributed by atoms with van der Waals surface area (Å²) in [5.74, 6) is 0.924. The van der Waals surface area contributed by atoms with E-state index in [1.807, 2.05) is 37.4 Å². The molecule has 84 valence electrons. The monoisotopic (exact) mass is 224 g/mol. The Hall–Kier alpha value is -2.36. The van der Waals surface area contributed by atoms with E-state index in [-0.39, 0.29) is 0 Å². The molecule has 0 saturated heterocycles. The SMILES string of the molecule is Cn1c(-c2ccc(N)cc2)nc2cnccc21. The summed E-state index contributed by atoms with van der Waals surface area (Å²) < 4.78 is 2.06. The number of rotatable bonds is 1. The van der Waals surface area contributed by atoms with Gasteiger partial charge < -0.3 is 10.3 Å². The molecule has 0 atom stereocenters. The molecule has 3 aromatic rings. The van der Waals surface area contributed by atoms with E-state index in [9.17, 15) is 0 Å². The molecule has 0 unspecified atom stereocenters. The summed E-state index contributed by atoms with van der Waals surface area (Å²) in [4.78, 5) is 8.65. The fraction of sp³-hybridized carbons (Fsp3) is 0.0769. The highest BCUT2D eigenvalue weighted by Gasteiger charge is 2.08. The smallest absolute Gasteiger partial charge is 0.140 e. The average molecular weight is 224 g/mol. The van der Waals surface area contributed by atoms with Gasteiger partial charge in [0.05, 0.1) is 11.7 Å². The Labute approximate surface area is 98.7 Å². The van der Waals surface area contributed by atoms with Crippen molar-refractivity contribution < 1.29 is 0 Å². The summed E-state index contributed by atoms with van der Waals surface area (Å²) in [5.41, 5.74) is 9.47. The van der Waals surface area contributed by atoms with Crippen molar-refractivity contribution in [1.82, 2.24) is 14.5 Å². The molecule has 3 rings (SSSR count). The van der Waals surface area contributed by atoms with Gasteiger partial charge in [0.25, 0.3) is 0 Å². The third kappa shape index (κ3) is 1.54. The molecule has 2 heterocycles. The molecule has 4 nitrogen and oxygen atoms in total. The lowest BCUT2D eigenvalue weighted by Gasteiger charge is -2.02. The van der Waals surface area contributed by atoms with Gasteiger partial charge >= 0.3 is 0 Å². The number of nitrogen functional groups attached to an aromatic ring is 1. The van der Waals surface area contributed by atoms with E-state index in [1.165, 1.54) is 0 Å². The van der Waals surface area contributed by atoms with E-state index in [2.05, 4.69) is 14.5 Å². The van der Waals surface area contributed by atoms with E-state index in [0.717, 1.165) is 28.1 Å². The van der Waals surface area contributed by atoms with Gasteiger partial charge in [-0.1, -0.05) is 0 Å². The molecule has 17 heavy (non-hydrogen) atoms. The second kappa shape index (κ2) is 3.59. The Morgan fingerprint density at radius 2 is 1.88 bits per heavy atom. The van der Waals surface area contributed by atoms with Gasteiger partial charge in [-0.2, -0.15) is 0 Å². The molecular formula is C13H12N4. The minimum absolute atomic E-state index is 0.759. The minimum atomic E-state index is 0.759. The molecule has 0 aliphatic rings. The molecule has 2 N–H and O–H groups in total. The molecule has 0 spiro atoms. The maximum Gasteiger partial charge on any atom is 0.140 e. The van der Waals surface area contributed by atoms with Crippen molar-refractivity contribution in [3.05, 3.63) is 42.7 Å². The number of hydrogen-bond acceptors (Lipinski definition) is 3. The number of pyridine rings is 1. The second-order valence-corrected chi connectivity index (χ2v) is 3.98. The van der Waals surface area contributed by atoms with Gasteiger partial charge in [-0.25, -0.2) is 4.98 Å². The Morgan fingerprint density at radius 3 is 2.59 bits per heavy atom. The Balaban J connectivity index is 2.24. The largest absolute Gasteiger partial charge is 0.399 e. The van der Waals surface area contributed by atoms with Crippen molar-refractivity contribution in [2.45, 2.75) is 0 Å². The van der Waals surface area contributed by atoms with Gasteiger partial charge in [-0.3, -0.25) is 4.98 Å². The zero-order valence-electron chi connectivity index (χ0n) is 9.46. The number of benzene rings is 1. The van der Waals surface area contributed by atoms with Crippen LogP contribution in [-0.4, -0.2) is 14.5 Å². The van der Waals surface area contributed by atoms with Gasteiger partial charge in [0.15, 0.2) is 0 Å². The van der Waals surface area contributed by atoms with Gasteiger partial charge in [0.2, 0.25) is 0 Å². The predicted octanol–water partition coefficient (Wildman–Crippen LogP) is 2.22. The van der Waals surface area contributed by atoms with Crippen LogP contribution in [0.1, 0.15) is 0 Å². The summed E-state index contributed by atoms with van der Waals surface area (Å²) in [5, 5.41) is 0. The zero-order valence-corrected chi connectivity index (χ0v) is 9.46. The molecule has 0 aliphatic carbocycles. The van der Waals surface area contributed by atoms with Gasteiger partial charge in [-0.15, -0.1) is 0 Å². The van der Waals surface area contributed by atoms with Crippen LogP contribution in [0, 0.1) is 0 Å². The number of nitrogens with two attached hydrogens (primary N) is 1. The van der Waals surface area contributed by atoms with E-state index >= 15 is 0 Å². The summed E-state index contributed by atoms with van der Waals surface area (Å²) in [6.45, 7) is 0. The zero-order chi connectivity index (χ0) is 11.8. The van der Waals surface area contributed by atoms with E-state index in [1.54, 1.807) is 12.4 Å². The molecule has 0 aliphatic heterocycles. The first-order valence-corrected chi connectivity index (χ1v) is 5.38. The second-order valence-electron chi connectivity index (χ2n) is 3.98. The van der Waals surface area contributed by atoms with Crippen molar-refractivity contribution in [3.63, 3.8) is 0 Å². The standard InChI is InChI=1S/C13H12N4/c1-17-12-6-7-15-8-11(12)16-13(17)9-2-4-10(14)5-3-9/h2-8H,14H2,1H3. The number of fused-ring (bicyclic) bond motifs is 1. The number of hydrogen-bond donors (Lipinski definition) is 1. The third-order valence-corrected chi connectivity index (χ3v) is 2.85. The van der Waals surface area contributed by atoms with Crippen LogP contribution in [0.25, 0.3) is 22.4 Å². The predicted molar refractivity (Wildman–Crippen MR) is 68.4 cm³/mol. The first-order chi connectivity index (χ1) is 8.25. The Morgan fingerprint density at radius 1 is 1.12 bits per heavy atom. The maximum atomic E-state index is 5.68. The fourth-order valence-electron chi connectivity index (χ4n) is 1.94. The van der Waals surface area contributed by atoms with Crippen LogP contribution in [0.4, 0.5) is 5.69 Å². The quantitative estimate of drug-likeness (QED) is 0.645. The first kappa shape index (κ1) is 9.84. The van der Waals surface area contributed by atoms with Crippen molar-refractivity contribution in [3.8, 4) is 11.4 Å².